The highest BCUT2D eigenvalue weighted by Gasteiger charge is 2.29. The van der Waals surface area contributed by atoms with Crippen LogP contribution in [0.1, 0.15) is 55.2 Å². The molecule has 1 aromatic heterocycles. The van der Waals surface area contributed by atoms with Crippen LogP contribution in [0.3, 0.4) is 0 Å². The van der Waals surface area contributed by atoms with Gasteiger partial charge < -0.3 is 20.5 Å². The van der Waals surface area contributed by atoms with Gasteiger partial charge in [0.25, 0.3) is 11.5 Å². The van der Waals surface area contributed by atoms with E-state index < -0.39 is 0 Å². The van der Waals surface area contributed by atoms with E-state index in [9.17, 15) is 14.4 Å². The largest absolute Gasteiger partial charge is 0.352 e. The van der Waals surface area contributed by atoms with Gasteiger partial charge in [-0.2, -0.15) is 0 Å². The van der Waals surface area contributed by atoms with Gasteiger partial charge in [-0.3, -0.25) is 14.4 Å². The normalized spacial score (nSPS) is 18.5. The van der Waals surface area contributed by atoms with Crippen molar-refractivity contribution in [3.63, 3.8) is 0 Å². The van der Waals surface area contributed by atoms with Crippen molar-refractivity contribution in [3.8, 4) is 0 Å². The first-order chi connectivity index (χ1) is 12.6. The second kappa shape index (κ2) is 8.69. The van der Waals surface area contributed by atoms with Gasteiger partial charge in [0.1, 0.15) is 6.54 Å². The number of nitrogens with zero attached hydrogens (tertiary/aromatic N) is 2. The van der Waals surface area contributed by atoms with E-state index in [1.54, 1.807) is 13.8 Å². The molecule has 2 amide bonds. The lowest BCUT2D eigenvalue weighted by atomic mass is 9.91. The van der Waals surface area contributed by atoms with Crippen molar-refractivity contribution in [2.24, 2.45) is 11.7 Å². The highest BCUT2D eigenvalue weighted by molar-refractivity contribution is 5.96. The third kappa shape index (κ3) is 4.97. The number of amides is 2. The molecular formula is C20H32N4O3. The molecule has 1 fully saturated rings. The van der Waals surface area contributed by atoms with Crippen LogP contribution in [-0.2, 0) is 11.3 Å². The number of likely N-dealkylation sites (tertiary alicyclic amines) is 1. The fourth-order valence-corrected chi connectivity index (χ4v) is 3.73. The van der Waals surface area contributed by atoms with Crippen molar-refractivity contribution >= 4 is 11.8 Å². The van der Waals surface area contributed by atoms with Crippen molar-refractivity contribution in [1.29, 1.82) is 0 Å². The number of carbonyl (C=O) groups is 2. The summed E-state index contributed by atoms with van der Waals surface area (Å²) in [6.07, 6.45) is 1.95. The van der Waals surface area contributed by atoms with Gasteiger partial charge in [-0.25, -0.2) is 0 Å². The van der Waals surface area contributed by atoms with Crippen molar-refractivity contribution in [3.05, 3.63) is 33.2 Å². The Balaban J connectivity index is 2.33. The SMILES string of the molecule is Cc1cc(=O)n(CC(=O)NC(C)C)c(C)c1C(=O)N1CCCC(C(C)N)C1. The van der Waals surface area contributed by atoms with Gasteiger partial charge in [0, 0.05) is 36.9 Å². The van der Waals surface area contributed by atoms with Crippen LogP contribution in [0.25, 0.3) is 0 Å². The fraction of sp³-hybridized carbons (Fsp3) is 0.650. The van der Waals surface area contributed by atoms with Crippen molar-refractivity contribution < 1.29 is 9.59 Å². The zero-order valence-electron chi connectivity index (χ0n) is 17.0. The van der Waals surface area contributed by atoms with E-state index in [-0.39, 0.29) is 41.9 Å². The summed E-state index contributed by atoms with van der Waals surface area (Å²) < 4.78 is 1.38. The molecule has 7 nitrogen and oxygen atoms in total. The predicted octanol–water partition coefficient (Wildman–Crippen LogP) is 1.19. The van der Waals surface area contributed by atoms with Crippen LogP contribution in [0.15, 0.2) is 10.9 Å². The molecule has 0 aromatic carbocycles. The number of nitrogens with one attached hydrogen (secondary N) is 1. The van der Waals surface area contributed by atoms with E-state index in [1.165, 1.54) is 10.6 Å². The molecule has 0 aliphatic carbocycles. The summed E-state index contributed by atoms with van der Waals surface area (Å²) in [6.45, 7) is 10.4. The first-order valence-corrected chi connectivity index (χ1v) is 9.67. The summed E-state index contributed by atoms with van der Waals surface area (Å²) in [4.78, 5) is 39.6. The molecule has 0 bridgehead atoms. The number of nitrogens with two attached hydrogens (primary N) is 1. The minimum absolute atomic E-state index is 0.0106. The maximum Gasteiger partial charge on any atom is 0.255 e. The third-order valence-corrected chi connectivity index (χ3v) is 5.22. The van der Waals surface area contributed by atoms with Crippen LogP contribution in [0.5, 0.6) is 0 Å². The van der Waals surface area contributed by atoms with Crippen LogP contribution >= 0.6 is 0 Å². The lowest BCUT2D eigenvalue weighted by Gasteiger charge is -2.35. The first kappa shape index (κ1) is 21.2. The maximum absolute atomic E-state index is 13.2. The Morgan fingerprint density at radius 1 is 1.30 bits per heavy atom. The van der Waals surface area contributed by atoms with Crippen LogP contribution in [-0.4, -0.2) is 46.5 Å². The topological polar surface area (TPSA) is 97.4 Å². The Bertz CT molecular complexity index is 767. The van der Waals surface area contributed by atoms with Gasteiger partial charge in [-0.1, -0.05) is 0 Å². The number of hydrogen-bond donors (Lipinski definition) is 2. The third-order valence-electron chi connectivity index (χ3n) is 5.22. The molecule has 2 rings (SSSR count). The van der Waals surface area contributed by atoms with Gasteiger partial charge in [0.2, 0.25) is 5.91 Å². The van der Waals surface area contributed by atoms with Crippen LogP contribution in [0.2, 0.25) is 0 Å². The zero-order valence-corrected chi connectivity index (χ0v) is 17.0. The number of rotatable bonds is 5. The van der Waals surface area contributed by atoms with Crippen LogP contribution in [0, 0.1) is 19.8 Å². The molecule has 0 radical (unpaired) electrons. The molecule has 1 saturated heterocycles. The average Bonchev–Trinajstić information content (AvgIpc) is 2.57. The van der Waals surface area contributed by atoms with Gasteiger partial charge >= 0.3 is 0 Å². The number of hydrogen-bond acceptors (Lipinski definition) is 4. The van der Waals surface area contributed by atoms with Crippen LogP contribution < -0.4 is 16.6 Å². The standard InChI is InChI=1S/C20H32N4O3/c1-12(2)22-17(25)11-24-15(5)19(13(3)9-18(24)26)20(27)23-8-6-7-16(10-23)14(4)21/h9,12,14,16H,6-8,10-11,21H2,1-5H3,(H,22,25). The lowest BCUT2D eigenvalue weighted by Crippen LogP contribution is -2.46. The van der Waals surface area contributed by atoms with Crippen LogP contribution in [0.4, 0.5) is 0 Å². The Morgan fingerprint density at radius 2 is 1.96 bits per heavy atom. The molecule has 7 heteroatoms. The molecule has 3 N–H and O–H groups in total. The molecule has 2 atom stereocenters. The quantitative estimate of drug-likeness (QED) is 0.806. The molecule has 27 heavy (non-hydrogen) atoms. The van der Waals surface area contributed by atoms with E-state index in [0.29, 0.717) is 29.9 Å². The Kier molecular flexibility index (Phi) is 6.81. The molecule has 0 saturated carbocycles. The Hall–Kier alpha value is -2.15. The fourth-order valence-electron chi connectivity index (χ4n) is 3.73. The van der Waals surface area contributed by atoms with Gasteiger partial charge in [-0.05, 0) is 58.9 Å². The van der Waals surface area contributed by atoms with E-state index in [1.807, 2.05) is 25.7 Å². The number of pyridine rings is 1. The minimum atomic E-state index is -0.271. The monoisotopic (exact) mass is 376 g/mol. The van der Waals surface area contributed by atoms with Crippen molar-refractivity contribution in [1.82, 2.24) is 14.8 Å². The number of carbonyl (C=O) groups excluding carboxylic acids is 2. The molecule has 150 valence electrons. The molecular weight excluding hydrogens is 344 g/mol. The minimum Gasteiger partial charge on any atom is -0.352 e. The van der Waals surface area contributed by atoms with Gasteiger partial charge in [0.15, 0.2) is 0 Å². The van der Waals surface area contributed by atoms with E-state index >= 15 is 0 Å². The molecule has 2 heterocycles. The van der Waals surface area contributed by atoms with E-state index in [0.717, 1.165) is 12.8 Å². The summed E-state index contributed by atoms with van der Waals surface area (Å²) in [5, 5.41) is 2.78. The molecule has 1 aliphatic rings. The Labute approximate surface area is 160 Å². The molecule has 2 unspecified atom stereocenters. The number of piperidine rings is 1. The summed E-state index contributed by atoms with van der Waals surface area (Å²) in [5.74, 6) is -0.0492. The summed E-state index contributed by atoms with van der Waals surface area (Å²) in [5.41, 5.74) is 7.46. The van der Waals surface area contributed by atoms with Gasteiger partial charge in [-0.15, -0.1) is 0 Å². The van der Waals surface area contributed by atoms with Crippen molar-refractivity contribution in [2.45, 2.75) is 66.1 Å². The maximum atomic E-state index is 13.2. The van der Waals surface area contributed by atoms with Gasteiger partial charge in [0.05, 0.1) is 5.56 Å². The first-order valence-electron chi connectivity index (χ1n) is 9.67. The smallest absolute Gasteiger partial charge is 0.255 e. The average molecular weight is 377 g/mol. The second-order valence-electron chi connectivity index (χ2n) is 7.95. The zero-order chi connectivity index (χ0) is 20.3. The highest BCUT2D eigenvalue weighted by atomic mass is 16.2. The van der Waals surface area contributed by atoms with E-state index in [4.69, 9.17) is 5.73 Å². The molecule has 1 aliphatic heterocycles. The molecule has 1 aromatic rings. The highest BCUT2D eigenvalue weighted by Crippen LogP contribution is 2.22. The summed E-state index contributed by atoms with van der Waals surface area (Å²) >= 11 is 0. The lowest BCUT2D eigenvalue weighted by molar-refractivity contribution is -0.122. The van der Waals surface area contributed by atoms with E-state index in [2.05, 4.69) is 5.32 Å². The summed E-state index contributed by atoms with van der Waals surface area (Å²) in [6, 6.07) is 1.47. The van der Waals surface area contributed by atoms with Crippen molar-refractivity contribution in [2.75, 3.05) is 13.1 Å². The predicted molar refractivity (Wildman–Crippen MR) is 106 cm³/mol. The second-order valence-corrected chi connectivity index (χ2v) is 7.95. The number of aryl methyl sites for hydroxylation is 1. The summed E-state index contributed by atoms with van der Waals surface area (Å²) in [7, 11) is 0. The Morgan fingerprint density at radius 3 is 2.56 bits per heavy atom. The molecule has 0 spiro atoms. The number of aromatic nitrogens is 1.